The Morgan fingerprint density at radius 1 is 1.30 bits per heavy atom. The molecule has 0 aliphatic heterocycles. The number of hydrogen-bond donors (Lipinski definition) is 3. The van der Waals surface area contributed by atoms with Crippen LogP contribution in [0.2, 0.25) is 5.02 Å². The molecular weight excluding hydrogens is 322 g/mol. The molecule has 0 spiro atoms. The monoisotopic (exact) mass is 335 g/mol. The minimum atomic E-state index is -0.972. The van der Waals surface area contributed by atoms with Gasteiger partial charge in [-0.25, -0.2) is 0 Å². The number of nitrogens with zero attached hydrogens (tertiary/aromatic N) is 1. The lowest BCUT2D eigenvalue weighted by Gasteiger charge is -2.13. The first-order valence-electron chi connectivity index (χ1n) is 6.64. The summed E-state index contributed by atoms with van der Waals surface area (Å²) in [6.07, 6.45) is -0.972. The van der Waals surface area contributed by atoms with Crippen molar-refractivity contribution in [2.24, 2.45) is 0 Å². The van der Waals surface area contributed by atoms with Gasteiger partial charge in [-0.2, -0.15) is 0 Å². The molecule has 0 heterocycles. The highest BCUT2D eigenvalue weighted by atomic mass is 35.5. The van der Waals surface area contributed by atoms with Crippen molar-refractivity contribution >= 4 is 28.9 Å². The van der Waals surface area contributed by atoms with Gasteiger partial charge in [0.05, 0.1) is 16.7 Å². The average Bonchev–Trinajstić information content (AvgIpc) is 2.52. The number of nitrogen functional groups attached to an aromatic ring is 1. The lowest BCUT2D eigenvalue weighted by atomic mass is 10.1. The fourth-order valence-corrected chi connectivity index (χ4v) is 2.16. The van der Waals surface area contributed by atoms with Crippen LogP contribution in [0.1, 0.15) is 22.0 Å². The number of nitrogens with two attached hydrogens (primary N) is 1. The minimum absolute atomic E-state index is 0.00215. The van der Waals surface area contributed by atoms with E-state index in [0.717, 1.165) is 0 Å². The Balaban J connectivity index is 2.11. The molecule has 0 bridgehead atoms. The van der Waals surface area contributed by atoms with E-state index in [1.165, 1.54) is 18.2 Å². The molecule has 2 aromatic rings. The fraction of sp³-hybridized carbons (Fsp3) is 0.133. The van der Waals surface area contributed by atoms with Crippen molar-refractivity contribution in [1.29, 1.82) is 0 Å². The molecule has 0 saturated carbocycles. The topological polar surface area (TPSA) is 118 Å². The van der Waals surface area contributed by atoms with Crippen LogP contribution in [0.5, 0.6) is 0 Å². The number of amides is 1. The first-order chi connectivity index (χ1) is 10.9. The third-order valence-electron chi connectivity index (χ3n) is 3.21. The van der Waals surface area contributed by atoms with E-state index in [9.17, 15) is 20.0 Å². The number of hydrogen-bond acceptors (Lipinski definition) is 5. The number of nitro benzene ring substituents is 1. The second kappa shape index (κ2) is 7.08. The largest absolute Gasteiger partial charge is 0.398 e. The molecule has 8 heteroatoms. The van der Waals surface area contributed by atoms with Crippen molar-refractivity contribution < 1.29 is 14.8 Å². The Labute approximate surface area is 136 Å². The van der Waals surface area contributed by atoms with Gasteiger partial charge in [-0.15, -0.1) is 0 Å². The molecular formula is C15H14ClN3O4. The summed E-state index contributed by atoms with van der Waals surface area (Å²) in [5.41, 5.74) is 5.60. The van der Waals surface area contributed by atoms with Crippen LogP contribution in [0.15, 0.2) is 42.5 Å². The van der Waals surface area contributed by atoms with Crippen LogP contribution in [0.4, 0.5) is 11.4 Å². The highest BCUT2D eigenvalue weighted by Gasteiger charge is 2.23. The van der Waals surface area contributed by atoms with Crippen LogP contribution in [0, 0.1) is 10.1 Å². The first kappa shape index (κ1) is 16.7. The van der Waals surface area contributed by atoms with Crippen molar-refractivity contribution in [2.75, 3.05) is 12.3 Å². The summed E-state index contributed by atoms with van der Waals surface area (Å²) in [5, 5.41) is 24.0. The highest BCUT2D eigenvalue weighted by Crippen LogP contribution is 2.24. The lowest BCUT2D eigenvalue weighted by Crippen LogP contribution is -2.29. The molecule has 2 rings (SSSR count). The SMILES string of the molecule is Nc1cccc([N+](=O)[O-])c1C(=O)NCC(O)c1ccc(Cl)cc1. The molecule has 0 aliphatic rings. The molecule has 0 aromatic heterocycles. The maximum absolute atomic E-state index is 12.2. The second-order valence-electron chi connectivity index (χ2n) is 4.78. The molecule has 0 radical (unpaired) electrons. The summed E-state index contributed by atoms with van der Waals surface area (Å²) in [5.74, 6) is -0.720. The summed E-state index contributed by atoms with van der Waals surface area (Å²) in [4.78, 5) is 22.5. The van der Waals surface area contributed by atoms with Gasteiger partial charge in [-0.05, 0) is 23.8 Å². The molecule has 7 nitrogen and oxygen atoms in total. The van der Waals surface area contributed by atoms with Crippen LogP contribution in [0.25, 0.3) is 0 Å². The number of benzene rings is 2. The van der Waals surface area contributed by atoms with Gasteiger partial charge in [0.25, 0.3) is 11.6 Å². The summed E-state index contributed by atoms with van der Waals surface area (Å²) < 4.78 is 0. The van der Waals surface area contributed by atoms with Gasteiger partial charge in [0.1, 0.15) is 5.56 Å². The van der Waals surface area contributed by atoms with Gasteiger partial charge in [0, 0.05) is 17.6 Å². The molecule has 23 heavy (non-hydrogen) atoms. The van der Waals surface area contributed by atoms with Crippen LogP contribution in [0.3, 0.4) is 0 Å². The van der Waals surface area contributed by atoms with Crippen LogP contribution < -0.4 is 11.1 Å². The molecule has 2 aromatic carbocycles. The standard InChI is InChI=1S/C15H14ClN3O4/c16-10-6-4-9(5-7-10)13(20)8-18-15(21)14-11(17)2-1-3-12(14)19(22)23/h1-7,13,20H,8,17H2,(H,18,21). The smallest absolute Gasteiger partial charge is 0.284 e. The molecule has 0 aliphatic carbocycles. The second-order valence-corrected chi connectivity index (χ2v) is 5.21. The number of nitro groups is 1. The Kier molecular flexibility index (Phi) is 5.15. The Morgan fingerprint density at radius 2 is 1.96 bits per heavy atom. The number of carbonyl (C=O) groups is 1. The van der Waals surface area contributed by atoms with Gasteiger partial charge >= 0.3 is 0 Å². The number of anilines is 1. The van der Waals surface area contributed by atoms with Gasteiger partial charge in [0.2, 0.25) is 0 Å². The van der Waals surface area contributed by atoms with E-state index < -0.39 is 16.9 Å². The number of nitrogens with one attached hydrogen (secondary N) is 1. The van der Waals surface area contributed by atoms with E-state index in [0.29, 0.717) is 10.6 Å². The summed E-state index contributed by atoms with van der Waals surface area (Å²) >= 11 is 5.76. The Hall–Kier alpha value is -2.64. The first-order valence-corrected chi connectivity index (χ1v) is 7.02. The number of aliphatic hydroxyl groups excluding tert-OH is 1. The van der Waals surface area contributed by atoms with E-state index >= 15 is 0 Å². The van der Waals surface area contributed by atoms with Crippen molar-refractivity contribution in [3.63, 3.8) is 0 Å². The minimum Gasteiger partial charge on any atom is -0.398 e. The number of rotatable bonds is 5. The molecule has 1 atom stereocenters. The van der Waals surface area contributed by atoms with E-state index in [2.05, 4.69) is 5.32 Å². The lowest BCUT2D eigenvalue weighted by molar-refractivity contribution is -0.385. The Morgan fingerprint density at radius 3 is 2.57 bits per heavy atom. The van der Waals surface area contributed by atoms with Crippen molar-refractivity contribution in [3.8, 4) is 0 Å². The third kappa shape index (κ3) is 3.97. The maximum Gasteiger partial charge on any atom is 0.284 e. The van der Waals surface area contributed by atoms with Gasteiger partial charge in [0.15, 0.2) is 0 Å². The average molecular weight is 336 g/mol. The molecule has 0 saturated heterocycles. The summed E-state index contributed by atoms with van der Waals surface area (Å²) in [6, 6.07) is 10.5. The number of halogens is 1. The normalized spacial score (nSPS) is 11.7. The predicted molar refractivity (Wildman–Crippen MR) is 86.3 cm³/mol. The van der Waals surface area contributed by atoms with Crippen molar-refractivity contribution in [3.05, 3.63) is 68.7 Å². The highest BCUT2D eigenvalue weighted by molar-refractivity contribution is 6.30. The zero-order valence-corrected chi connectivity index (χ0v) is 12.7. The zero-order valence-electron chi connectivity index (χ0n) is 11.9. The number of carbonyl (C=O) groups excluding carboxylic acids is 1. The zero-order chi connectivity index (χ0) is 17.0. The molecule has 4 N–H and O–H groups in total. The Bertz CT molecular complexity index is 734. The van der Waals surface area contributed by atoms with E-state index in [1.807, 2.05) is 0 Å². The van der Waals surface area contributed by atoms with Crippen molar-refractivity contribution in [2.45, 2.75) is 6.10 Å². The number of aliphatic hydroxyl groups is 1. The van der Waals surface area contributed by atoms with E-state index in [4.69, 9.17) is 17.3 Å². The van der Waals surface area contributed by atoms with Crippen molar-refractivity contribution in [1.82, 2.24) is 5.32 Å². The quantitative estimate of drug-likeness (QED) is 0.440. The maximum atomic E-state index is 12.2. The van der Waals surface area contributed by atoms with Crippen LogP contribution >= 0.6 is 11.6 Å². The van der Waals surface area contributed by atoms with Crippen LogP contribution in [-0.4, -0.2) is 22.5 Å². The molecule has 1 amide bonds. The van der Waals surface area contributed by atoms with Gasteiger partial charge in [-0.1, -0.05) is 29.8 Å². The van der Waals surface area contributed by atoms with Gasteiger partial charge in [-0.3, -0.25) is 14.9 Å². The molecule has 1 unspecified atom stereocenters. The van der Waals surface area contributed by atoms with E-state index in [-0.39, 0.29) is 23.5 Å². The van der Waals surface area contributed by atoms with Crippen LogP contribution in [-0.2, 0) is 0 Å². The molecule has 120 valence electrons. The summed E-state index contributed by atoms with van der Waals surface area (Å²) in [6.45, 7) is -0.119. The van der Waals surface area contributed by atoms with E-state index in [1.54, 1.807) is 24.3 Å². The summed E-state index contributed by atoms with van der Waals surface area (Å²) in [7, 11) is 0. The fourth-order valence-electron chi connectivity index (χ4n) is 2.04. The predicted octanol–water partition coefficient (Wildman–Crippen LogP) is 2.29. The van der Waals surface area contributed by atoms with Gasteiger partial charge < -0.3 is 16.2 Å². The molecule has 0 fully saturated rings. The third-order valence-corrected chi connectivity index (χ3v) is 3.46.